The molecule has 2 N–H and O–H groups in total. The van der Waals surface area contributed by atoms with Gasteiger partial charge in [-0.3, -0.25) is 4.79 Å². The molecule has 20 heavy (non-hydrogen) atoms. The molecule has 1 heterocycles. The minimum Gasteiger partial charge on any atom is -0.334 e. The lowest BCUT2D eigenvalue weighted by Gasteiger charge is -2.39. The van der Waals surface area contributed by atoms with E-state index in [0.717, 1.165) is 25.8 Å². The maximum Gasteiger partial charge on any atom is 0.254 e. The molecule has 1 saturated heterocycles. The van der Waals surface area contributed by atoms with Gasteiger partial charge in [-0.1, -0.05) is 13.3 Å². The maximum atomic E-state index is 13.3. The standard InChI is InChI=1S/C16H23FN2O/c1-3-12-6-7-19(14(9-12)10-18)16(20)13-4-5-15(17)11(2)8-13/h4-5,8,12,14H,3,6-7,9-10,18H2,1-2H3. The Morgan fingerprint density at radius 1 is 1.50 bits per heavy atom. The van der Waals surface area contributed by atoms with Gasteiger partial charge in [0.1, 0.15) is 5.82 Å². The van der Waals surface area contributed by atoms with E-state index in [1.165, 1.54) is 6.07 Å². The summed E-state index contributed by atoms with van der Waals surface area (Å²) in [4.78, 5) is 14.4. The summed E-state index contributed by atoms with van der Waals surface area (Å²) in [6, 6.07) is 4.65. The number of carbonyl (C=O) groups is 1. The molecule has 1 aromatic rings. The molecule has 1 aromatic carbocycles. The van der Waals surface area contributed by atoms with E-state index in [1.807, 2.05) is 4.90 Å². The van der Waals surface area contributed by atoms with E-state index in [2.05, 4.69) is 6.92 Å². The highest BCUT2D eigenvalue weighted by Crippen LogP contribution is 2.26. The summed E-state index contributed by atoms with van der Waals surface area (Å²) >= 11 is 0. The van der Waals surface area contributed by atoms with Crippen molar-refractivity contribution in [3.63, 3.8) is 0 Å². The minimum absolute atomic E-state index is 0.0295. The van der Waals surface area contributed by atoms with Gasteiger partial charge >= 0.3 is 0 Å². The highest BCUT2D eigenvalue weighted by molar-refractivity contribution is 5.94. The molecule has 1 fully saturated rings. The highest BCUT2D eigenvalue weighted by Gasteiger charge is 2.30. The van der Waals surface area contributed by atoms with E-state index < -0.39 is 0 Å². The average Bonchev–Trinajstić information content (AvgIpc) is 2.48. The molecule has 2 rings (SSSR count). The Morgan fingerprint density at radius 2 is 2.25 bits per heavy atom. The number of hydrogen-bond donors (Lipinski definition) is 1. The Labute approximate surface area is 120 Å². The molecule has 1 aliphatic rings. The summed E-state index contributed by atoms with van der Waals surface area (Å²) < 4.78 is 13.3. The Bertz CT molecular complexity index is 489. The number of nitrogens with two attached hydrogens (primary N) is 1. The molecule has 3 nitrogen and oxygen atoms in total. The number of likely N-dealkylation sites (tertiary alicyclic amines) is 1. The number of rotatable bonds is 3. The average molecular weight is 278 g/mol. The second-order valence-electron chi connectivity index (χ2n) is 5.65. The lowest BCUT2D eigenvalue weighted by atomic mass is 9.88. The fraction of sp³-hybridized carbons (Fsp3) is 0.562. The van der Waals surface area contributed by atoms with Crippen LogP contribution in [-0.4, -0.2) is 29.9 Å². The quantitative estimate of drug-likeness (QED) is 0.924. The molecule has 0 radical (unpaired) electrons. The van der Waals surface area contributed by atoms with E-state index in [4.69, 9.17) is 5.73 Å². The molecule has 0 bridgehead atoms. The van der Waals surface area contributed by atoms with Crippen LogP contribution < -0.4 is 5.73 Å². The first-order valence-corrected chi connectivity index (χ1v) is 7.34. The summed E-state index contributed by atoms with van der Waals surface area (Å²) in [6.07, 6.45) is 3.13. The van der Waals surface area contributed by atoms with Gasteiger partial charge in [0.25, 0.3) is 5.91 Å². The van der Waals surface area contributed by atoms with Crippen LogP contribution in [0.15, 0.2) is 18.2 Å². The third-order valence-corrected chi connectivity index (χ3v) is 4.34. The smallest absolute Gasteiger partial charge is 0.254 e. The van der Waals surface area contributed by atoms with Gasteiger partial charge in [-0.2, -0.15) is 0 Å². The SMILES string of the molecule is CCC1CCN(C(=O)c2ccc(F)c(C)c2)C(CN)C1. The van der Waals surface area contributed by atoms with E-state index in [9.17, 15) is 9.18 Å². The molecule has 0 aliphatic carbocycles. The highest BCUT2D eigenvalue weighted by atomic mass is 19.1. The van der Waals surface area contributed by atoms with Gasteiger partial charge in [0.2, 0.25) is 0 Å². The van der Waals surface area contributed by atoms with Crippen molar-refractivity contribution in [2.24, 2.45) is 11.7 Å². The van der Waals surface area contributed by atoms with Crippen molar-refractivity contribution in [1.29, 1.82) is 0 Å². The molecule has 4 heteroatoms. The minimum atomic E-state index is -0.276. The van der Waals surface area contributed by atoms with Gasteiger partial charge in [0.15, 0.2) is 0 Å². The van der Waals surface area contributed by atoms with Gasteiger partial charge in [-0.05, 0) is 49.4 Å². The first-order valence-electron chi connectivity index (χ1n) is 7.34. The normalized spacial score (nSPS) is 22.9. The van der Waals surface area contributed by atoms with Crippen LogP contribution in [0.3, 0.4) is 0 Å². The van der Waals surface area contributed by atoms with Crippen molar-refractivity contribution < 1.29 is 9.18 Å². The number of benzene rings is 1. The molecule has 0 aromatic heterocycles. The van der Waals surface area contributed by atoms with Crippen LogP contribution in [0.1, 0.15) is 42.1 Å². The molecule has 1 amide bonds. The number of piperidine rings is 1. The molecular weight excluding hydrogens is 255 g/mol. The van der Waals surface area contributed by atoms with Crippen LogP contribution >= 0.6 is 0 Å². The van der Waals surface area contributed by atoms with Gasteiger partial charge in [0.05, 0.1) is 0 Å². The number of amides is 1. The fourth-order valence-corrected chi connectivity index (χ4v) is 2.94. The van der Waals surface area contributed by atoms with Gasteiger partial charge in [0, 0.05) is 24.7 Å². The van der Waals surface area contributed by atoms with Crippen LogP contribution in [0.25, 0.3) is 0 Å². The summed E-state index contributed by atoms with van der Waals surface area (Å²) in [5.74, 6) is 0.349. The van der Waals surface area contributed by atoms with E-state index in [-0.39, 0.29) is 17.8 Å². The molecule has 110 valence electrons. The number of hydrogen-bond acceptors (Lipinski definition) is 2. The van der Waals surface area contributed by atoms with Crippen LogP contribution in [0.5, 0.6) is 0 Å². The van der Waals surface area contributed by atoms with E-state index in [0.29, 0.717) is 23.6 Å². The van der Waals surface area contributed by atoms with Gasteiger partial charge in [-0.25, -0.2) is 4.39 Å². The van der Waals surface area contributed by atoms with Crippen LogP contribution in [-0.2, 0) is 0 Å². The number of carbonyl (C=O) groups excluding carboxylic acids is 1. The fourth-order valence-electron chi connectivity index (χ4n) is 2.94. The first kappa shape index (κ1) is 15.0. The van der Waals surface area contributed by atoms with E-state index >= 15 is 0 Å². The van der Waals surface area contributed by atoms with Crippen molar-refractivity contribution in [3.8, 4) is 0 Å². The predicted molar refractivity (Wildman–Crippen MR) is 78.0 cm³/mol. The lowest BCUT2D eigenvalue weighted by Crippen LogP contribution is -2.49. The van der Waals surface area contributed by atoms with Crippen molar-refractivity contribution in [2.45, 2.75) is 39.2 Å². The third kappa shape index (κ3) is 3.01. The lowest BCUT2D eigenvalue weighted by molar-refractivity contribution is 0.0558. The first-order chi connectivity index (χ1) is 9.56. The molecule has 0 spiro atoms. The number of aryl methyl sites for hydroxylation is 1. The zero-order chi connectivity index (χ0) is 14.7. The molecule has 2 atom stereocenters. The van der Waals surface area contributed by atoms with Crippen molar-refractivity contribution in [2.75, 3.05) is 13.1 Å². The summed E-state index contributed by atoms with van der Waals surface area (Å²) in [7, 11) is 0. The second-order valence-corrected chi connectivity index (χ2v) is 5.65. The zero-order valence-corrected chi connectivity index (χ0v) is 12.2. The molecule has 1 aliphatic heterocycles. The summed E-state index contributed by atoms with van der Waals surface area (Å²) in [5, 5.41) is 0. The van der Waals surface area contributed by atoms with Crippen LogP contribution in [0, 0.1) is 18.7 Å². The summed E-state index contributed by atoms with van der Waals surface area (Å²) in [5.41, 5.74) is 6.88. The van der Waals surface area contributed by atoms with Gasteiger partial charge < -0.3 is 10.6 Å². The Kier molecular flexibility index (Phi) is 4.76. The Hall–Kier alpha value is -1.42. The van der Waals surface area contributed by atoms with Crippen molar-refractivity contribution in [3.05, 3.63) is 35.1 Å². The molecular formula is C16H23FN2O. The van der Waals surface area contributed by atoms with Crippen LogP contribution in [0.2, 0.25) is 0 Å². The Morgan fingerprint density at radius 3 is 2.85 bits per heavy atom. The maximum absolute atomic E-state index is 13.3. The molecule has 2 unspecified atom stereocenters. The zero-order valence-electron chi connectivity index (χ0n) is 12.2. The third-order valence-electron chi connectivity index (χ3n) is 4.34. The van der Waals surface area contributed by atoms with Crippen molar-refractivity contribution in [1.82, 2.24) is 4.90 Å². The topological polar surface area (TPSA) is 46.3 Å². The number of halogens is 1. The number of nitrogens with zero attached hydrogens (tertiary/aromatic N) is 1. The van der Waals surface area contributed by atoms with E-state index in [1.54, 1.807) is 19.1 Å². The van der Waals surface area contributed by atoms with Crippen LogP contribution in [0.4, 0.5) is 4.39 Å². The second kappa shape index (κ2) is 6.35. The monoisotopic (exact) mass is 278 g/mol. The van der Waals surface area contributed by atoms with Gasteiger partial charge in [-0.15, -0.1) is 0 Å². The summed E-state index contributed by atoms with van der Waals surface area (Å²) in [6.45, 7) is 5.09. The largest absolute Gasteiger partial charge is 0.334 e. The molecule has 0 saturated carbocycles. The predicted octanol–water partition coefficient (Wildman–Crippen LogP) is 2.72. The Balaban J connectivity index is 2.17. The van der Waals surface area contributed by atoms with Crippen molar-refractivity contribution >= 4 is 5.91 Å².